The fourth-order valence-electron chi connectivity index (χ4n) is 1.21. The number of hydrogen-bond donors (Lipinski definition) is 2. The maximum Gasteiger partial charge on any atom is 0.211 e. The highest BCUT2D eigenvalue weighted by molar-refractivity contribution is 7.89. The van der Waals surface area contributed by atoms with Crippen LogP contribution in [-0.4, -0.2) is 31.9 Å². The second-order valence-electron chi connectivity index (χ2n) is 6.12. The molecule has 0 aromatic rings. The Morgan fingerprint density at radius 3 is 2.18 bits per heavy atom. The quantitative estimate of drug-likeness (QED) is 0.737. The Kier molecular flexibility index (Phi) is 6.66. The van der Waals surface area contributed by atoms with E-state index in [1.54, 1.807) is 0 Å². The second-order valence-corrected chi connectivity index (χ2v) is 8.05. The van der Waals surface area contributed by atoms with Gasteiger partial charge in [-0.15, -0.1) is 0 Å². The maximum absolute atomic E-state index is 11.6. The largest absolute Gasteiger partial charge is 0.393 e. The molecule has 5 heteroatoms. The maximum atomic E-state index is 11.6. The van der Waals surface area contributed by atoms with Gasteiger partial charge in [-0.2, -0.15) is 0 Å². The molecule has 0 heterocycles. The molecule has 0 aliphatic carbocycles. The minimum absolute atomic E-state index is 0.0200. The molecule has 1 atom stereocenters. The first-order valence-electron chi connectivity index (χ1n) is 6.19. The van der Waals surface area contributed by atoms with Gasteiger partial charge in [0, 0.05) is 6.54 Å². The molecule has 0 aromatic carbocycles. The lowest BCUT2D eigenvalue weighted by atomic mass is 9.94. The van der Waals surface area contributed by atoms with Crippen LogP contribution in [0.5, 0.6) is 0 Å². The summed E-state index contributed by atoms with van der Waals surface area (Å²) in [6.07, 6.45) is 0.655. The van der Waals surface area contributed by atoms with E-state index in [4.69, 9.17) is 0 Å². The third-order valence-electron chi connectivity index (χ3n) is 2.65. The molecule has 0 saturated heterocycles. The summed E-state index contributed by atoms with van der Waals surface area (Å²) in [4.78, 5) is 0. The highest BCUT2D eigenvalue weighted by Gasteiger charge is 2.17. The summed E-state index contributed by atoms with van der Waals surface area (Å²) in [6, 6.07) is 0. The van der Waals surface area contributed by atoms with Crippen molar-refractivity contribution in [3.8, 4) is 0 Å². The molecule has 0 aliphatic rings. The highest BCUT2D eigenvalue weighted by Crippen LogP contribution is 2.18. The zero-order valence-corrected chi connectivity index (χ0v) is 12.5. The van der Waals surface area contributed by atoms with Gasteiger partial charge in [0.25, 0.3) is 0 Å². The molecule has 104 valence electrons. The molecule has 0 radical (unpaired) electrons. The van der Waals surface area contributed by atoms with Gasteiger partial charge < -0.3 is 5.11 Å². The summed E-state index contributed by atoms with van der Waals surface area (Å²) in [6.45, 7) is 10.2. The Morgan fingerprint density at radius 2 is 1.76 bits per heavy atom. The van der Waals surface area contributed by atoms with Gasteiger partial charge in [-0.05, 0) is 24.2 Å². The molecule has 0 aromatic heterocycles. The van der Waals surface area contributed by atoms with Crippen molar-refractivity contribution in [3.63, 3.8) is 0 Å². The smallest absolute Gasteiger partial charge is 0.211 e. The van der Waals surface area contributed by atoms with Crippen molar-refractivity contribution in [2.45, 2.75) is 53.6 Å². The predicted octanol–water partition coefficient (Wildman–Crippen LogP) is 1.75. The van der Waals surface area contributed by atoms with Gasteiger partial charge in [-0.1, -0.05) is 34.6 Å². The van der Waals surface area contributed by atoms with Crippen LogP contribution in [-0.2, 0) is 10.0 Å². The topological polar surface area (TPSA) is 66.4 Å². The van der Waals surface area contributed by atoms with E-state index in [0.717, 1.165) is 0 Å². The first kappa shape index (κ1) is 16.9. The molecule has 2 N–H and O–H groups in total. The average Bonchev–Trinajstić information content (AvgIpc) is 2.13. The van der Waals surface area contributed by atoms with E-state index in [1.165, 1.54) is 0 Å². The standard InChI is InChI=1S/C12H27NO3S/c1-10(2)11(14)6-8-13-17(15,16)9-7-12(3,4)5/h10-11,13-14H,6-9H2,1-5H3. The summed E-state index contributed by atoms with van der Waals surface area (Å²) >= 11 is 0. The number of sulfonamides is 1. The van der Waals surface area contributed by atoms with Crippen molar-refractivity contribution in [1.29, 1.82) is 0 Å². The Labute approximate surface area is 106 Å². The first-order valence-corrected chi connectivity index (χ1v) is 7.84. The number of aliphatic hydroxyl groups is 1. The third-order valence-corrected chi connectivity index (χ3v) is 4.04. The monoisotopic (exact) mass is 265 g/mol. The van der Waals surface area contributed by atoms with Crippen LogP contribution in [0.25, 0.3) is 0 Å². The van der Waals surface area contributed by atoms with Gasteiger partial charge in [-0.25, -0.2) is 13.1 Å². The molecule has 4 nitrogen and oxygen atoms in total. The first-order chi connectivity index (χ1) is 7.53. The lowest BCUT2D eigenvalue weighted by Crippen LogP contribution is -2.31. The van der Waals surface area contributed by atoms with Crippen LogP contribution < -0.4 is 4.72 Å². The SMILES string of the molecule is CC(C)C(O)CCNS(=O)(=O)CCC(C)(C)C. The van der Waals surface area contributed by atoms with Crippen molar-refractivity contribution in [2.75, 3.05) is 12.3 Å². The fraction of sp³-hybridized carbons (Fsp3) is 1.00. The zero-order valence-electron chi connectivity index (χ0n) is 11.7. The van der Waals surface area contributed by atoms with Gasteiger partial charge in [0.1, 0.15) is 0 Å². The predicted molar refractivity (Wildman–Crippen MR) is 71.3 cm³/mol. The zero-order chi connectivity index (χ0) is 13.7. The van der Waals surface area contributed by atoms with Gasteiger partial charge in [0.15, 0.2) is 0 Å². The van der Waals surface area contributed by atoms with Gasteiger partial charge >= 0.3 is 0 Å². The molecule has 0 saturated carbocycles. The summed E-state index contributed by atoms with van der Waals surface area (Å²) in [7, 11) is -3.20. The van der Waals surface area contributed by atoms with Crippen molar-refractivity contribution >= 4 is 10.0 Å². The van der Waals surface area contributed by atoms with E-state index in [-0.39, 0.29) is 17.1 Å². The van der Waals surface area contributed by atoms with Gasteiger partial charge in [0.05, 0.1) is 11.9 Å². The van der Waals surface area contributed by atoms with E-state index >= 15 is 0 Å². The van der Waals surface area contributed by atoms with E-state index in [1.807, 2.05) is 34.6 Å². The molecule has 0 rings (SSSR count). The normalized spacial score (nSPS) is 15.2. The molecule has 17 heavy (non-hydrogen) atoms. The van der Waals surface area contributed by atoms with E-state index in [2.05, 4.69) is 4.72 Å². The Hall–Kier alpha value is -0.130. The van der Waals surface area contributed by atoms with Crippen LogP contribution in [0, 0.1) is 11.3 Å². The second kappa shape index (κ2) is 6.71. The molecular weight excluding hydrogens is 238 g/mol. The summed E-state index contributed by atoms with van der Waals surface area (Å²) in [5.41, 5.74) is 0.0200. The average molecular weight is 265 g/mol. The summed E-state index contributed by atoms with van der Waals surface area (Å²) in [5.74, 6) is 0.308. The fourth-order valence-corrected chi connectivity index (χ4v) is 2.66. The van der Waals surface area contributed by atoms with Gasteiger partial charge in [0.2, 0.25) is 10.0 Å². The Morgan fingerprint density at radius 1 is 1.24 bits per heavy atom. The lowest BCUT2D eigenvalue weighted by molar-refractivity contribution is 0.118. The summed E-state index contributed by atoms with van der Waals surface area (Å²) < 4.78 is 25.8. The summed E-state index contributed by atoms with van der Waals surface area (Å²) in [5, 5.41) is 9.55. The molecule has 1 unspecified atom stereocenters. The van der Waals surface area contributed by atoms with E-state index < -0.39 is 16.1 Å². The van der Waals surface area contributed by atoms with Crippen molar-refractivity contribution in [3.05, 3.63) is 0 Å². The Balaban J connectivity index is 3.95. The van der Waals surface area contributed by atoms with Crippen LogP contribution in [0.4, 0.5) is 0 Å². The molecule has 0 aliphatic heterocycles. The third kappa shape index (κ3) is 9.56. The van der Waals surface area contributed by atoms with Crippen LogP contribution in [0.2, 0.25) is 0 Å². The molecule has 0 bridgehead atoms. The highest BCUT2D eigenvalue weighted by atomic mass is 32.2. The lowest BCUT2D eigenvalue weighted by Gasteiger charge is -2.18. The van der Waals surface area contributed by atoms with E-state index in [0.29, 0.717) is 19.4 Å². The molecule has 0 fully saturated rings. The minimum atomic E-state index is -3.20. The van der Waals surface area contributed by atoms with Gasteiger partial charge in [-0.3, -0.25) is 0 Å². The molecule has 0 spiro atoms. The number of nitrogens with one attached hydrogen (secondary N) is 1. The van der Waals surface area contributed by atoms with Crippen molar-refractivity contribution in [2.24, 2.45) is 11.3 Å². The number of rotatable bonds is 7. The molecule has 0 amide bonds. The molecular formula is C12H27NO3S. The van der Waals surface area contributed by atoms with Crippen LogP contribution in [0.15, 0.2) is 0 Å². The van der Waals surface area contributed by atoms with Crippen LogP contribution in [0.1, 0.15) is 47.5 Å². The Bertz CT molecular complexity index is 304. The van der Waals surface area contributed by atoms with Crippen molar-refractivity contribution < 1.29 is 13.5 Å². The van der Waals surface area contributed by atoms with Crippen molar-refractivity contribution in [1.82, 2.24) is 4.72 Å². The van der Waals surface area contributed by atoms with E-state index in [9.17, 15) is 13.5 Å². The van der Waals surface area contributed by atoms with Crippen LogP contribution >= 0.6 is 0 Å². The van der Waals surface area contributed by atoms with Crippen LogP contribution in [0.3, 0.4) is 0 Å². The number of aliphatic hydroxyl groups excluding tert-OH is 1. The minimum Gasteiger partial charge on any atom is -0.393 e. The number of hydrogen-bond acceptors (Lipinski definition) is 3.